The van der Waals surface area contributed by atoms with Crippen molar-refractivity contribution in [3.63, 3.8) is 0 Å². The van der Waals surface area contributed by atoms with Gasteiger partial charge in [-0.05, 0) is 29.0 Å². The van der Waals surface area contributed by atoms with Gasteiger partial charge in [0, 0.05) is 6.07 Å². The van der Waals surface area contributed by atoms with E-state index in [0.717, 1.165) is 11.1 Å². The molecule has 2 aromatic carbocycles. The number of fused-ring (bicyclic) bond motifs is 1. The van der Waals surface area contributed by atoms with E-state index in [1.54, 1.807) is 6.07 Å². The minimum atomic E-state index is 0.376. The largest absolute Gasteiger partial charge is 0.429 e. The molecule has 0 fully saturated rings. The molecule has 0 aliphatic heterocycles. The second-order valence-corrected chi connectivity index (χ2v) is 4.04. The van der Waals surface area contributed by atoms with Crippen LogP contribution in [0.5, 0.6) is 11.7 Å². The predicted octanol–water partition coefficient (Wildman–Crippen LogP) is 3.68. The van der Waals surface area contributed by atoms with E-state index in [9.17, 15) is 0 Å². The number of benzene rings is 2. The molecule has 0 aliphatic carbocycles. The molecule has 1 aromatic heterocycles. The molecule has 1 heterocycles. The number of hydrogen-bond acceptors (Lipinski definition) is 3. The van der Waals surface area contributed by atoms with Crippen molar-refractivity contribution in [1.82, 2.24) is 0 Å². The maximum atomic E-state index is 5.65. The first-order valence-electron chi connectivity index (χ1n) is 5.80. The van der Waals surface area contributed by atoms with Crippen LogP contribution in [0.1, 0.15) is 5.76 Å². The van der Waals surface area contributed by atoms with Crippen LogP contribution in [0.15, 0.2) is 59.0 Å². The topological polar surface area (TPSA) is 48.4 Å². The second kappa shape index (κ2) is 4.55. The summed E-state index contributed by atoms with van der Waals surface area (Å²) >= 11 is 0. The summed E-state index contributed by atoms with van der Waals surface area (Å²) in [6.45, 7) is 0.376. The van der Waals surface area contributed by atoms with Crippen molar-refractivity contribution in [2.24, 2.45) is 5.73 Å². The molecule has 3 nitrogen and oxygen atoms in total. The Labute approximate surface area is 105 Å². The summed E-state index contributed by atoms with van der Waals surface area (Å²) in [5.41, 5.74) is 5.48. The van der Waals surface area contributed by atoms with Crippen LogP contribution in [-0.4, -0.2) is 0 Å². The first-order valence-corrected chi connectivity index (χ1v) is 5.80. The highest BCUT2D eigenvalue weighted by molar-refractivity contribution is 5.83. The summed E-state index contributed by atoms with van der Waals surface area (Å²) in [7, 11) is 0. The molecule has 2 N–H and O–H groups in total. The van der Waals surface area contributed by atoms with Crippen molar-refractivity contribution >= 4 is 10.8 Å². The van der Waals surface area contributed by atoms with Crippen LogP contribution in [0.25, 0.3) is 10.8 Å². The van der Waals surface area contributed by atoms with E-state index in [0.29, 0.717) is 18.3 Å². The summed E-state index contributed by atoms with van der Waals surface area (Å²) < 4.78 is 11.0. The summed E-state index contributed by atoms with van der Waals surface area (Å²) in [4.78, 5) is 0. The Hall–Kier alpha value is -2.26. The van der Waals surface area contributed by atoms with Crippen molar-refractivity contribution in [2.75, 3.05) is 0 Å². The van der Waals surface area contributed by atoms with Gasteiger partial charge in [-0.2, -0.15) is 0 Å². The SMILES string of the molecule is NCc1ccc(Oc2ccc3ccccc3c2)o1. The normalized spacial score (nSPS) is 10.7. The fourth-order valence-electron chi connectivity index (χ4n) is 1.87. The van der Waals surface area contributed by atoms with E-state index in [4.69, 9.17) is 14.9 Å². The third kappa shape index (κ3) is 2.08. The van der Waals surface area contributed by atoms with Gasteiger partial charge in [0.2, 0.25) is 0 Å². The number of hydrogen-bond donors (Lipinski definition) is 1. The molecule has 0 saturated heterocycles. The van der Waals surface area contributed by atoms with Crippen LogP contribution in [0.4, 0.5) is 0 Å². The second-order valence-electron chi connectivity index (χ2n) is 4.04. The molecule has 0 radical (unpaired) electrons. The van der Waals surface area contributed by atoms with E-state index in [1.807, 2.05) is 36.4 Å². The van der Waals surface area contributed by atoms with Gasteiger partial charge in [0.25, 0.3) is 5.95 Å². The zero-order valence-corrected chi connectivity index (χ0v) is 9.80. The lowest BCUT2D eigenvalue weighted by Crippen LogP contribution is -1.92. The van der Waals surface area contributed by atoms with Gasteiger partial charge in [0.05, 0.1) is 6.54 Å². The highest BCUT2D eigenvalue weighted by Crippen LogP contribution is 2.26. The lowest BCUT2D eigenvalue weighted by Gasteiger charge is -2.03. The lowest BCUT2D eigenvalue weighted by atomic mass is 10.1. The Bertz CT molecular complexity index is 673. The van der Waals surface area contributed by atoms with Gasteiger partial charge < -0.3 is 14.9 Å². The Balaban J connectivity index is 1.90. The monoisotopic (exact) mass is 239 g/mol. The van der Waals surface area contributed by atoms with Crippen molar-refractivity contribution < 1.29 is 9.15 Å². The molecule has 3 aromatic rings. The van der Waals surface area contributed by atoms with Gasteiger partial charge in [-0.1, -0.05) is 30.3 Å². The Morgan fingerprint density at radius 1 is 0.944 bits per heavy atom. The summed E-state index contributed by atoms with van der Waals surface area (Å²) in [5, 5.41) is 2.33. The summed E-state index contributed by atoms with van der Waals surface area (Å²) in [6, 6.07) is 17.7. The van der Waals surface area contributed by atoms with E-state index in [-0.39, 0.29) is 0 Å². The zero-order chi connectivity index (χ0) is 12.4. The first kappa shape index (κ1) is 10.9. The van der Waals surface area contributed by atoms with Crippen LogP contribution in [0.2, 0.25) is 0 Å². The zero-order valence-electron chi connectivity index (χ0n) is 9.80. The van der Waals surface area contributed by atoms with Crippen molar-refractivity contribution in [3.8, 4) is 11.7 Å². The van der Waals surface area contributed by atoms with Crippen molar-refractivity contribution in [1.29, 1.82) is 0 Å². The van der Waals surface area contributed by atoms with Crippen LogP contribution >= 0.6 is 0 Å². The van der Waals surface area contributed by atoms with Gasteiger partial charge in [-0.3, -0.25) is 0 Å². The van der Waals surface area contributed by atoms with E-state index >= 15 is 0 Å². The fourth-order valence-corrected chi connectivity index (χ4v) is 1.87. The average Bonchev–Trinajstić information content (AvgIpc) is 2.86. The molecule has 3 heteroatoms. The highest BCUT2D eigenvalue weighted by atomic mass is 16.6. The molecule has 3 rings (SSSR count). The van der Waals surface area contributed by atoms with Crippen molar-refractivity contribution in [3.05, 3.63) is 60.4 Å². The minimum absolute atomic E-state index is 0.376. The van der Waals surface area contributed by atoms with Gasteiger partial charge >= 0.3 is 0 Å². The summed E-state index contributed by atoms with van der Waals surface area (Å²) in [5.74, 6) is 1.93. The highest BCUT2D eigenvalue weighted by Gasteiger charge is 2.03. The van der Waals surface area contributed by atoms with Gasteiger partial charge in [0.15, 0.2) is 0 Å². The lowest BCUT2D eigenvalue weighted by molar-refractivity contribution is 0.333. The summed E-state index contributed by atoms with van der Waals surface area (Å²) in [6.07, 6.45) is 0. The number of ether oxygens (including phenoxy) is 1. The molecule has 0 saturated carbocycles. The predicted molar refractivity (Wildman–Crippen MR) is 70.6 cm³/mol. The molecule has 18 heavy (non-hydrogen) atoms. The molecular weight excluding hydrogens is 226 g/mol. The van der Waals surface area contributed by atoms with E-state index in [2.05, 4.69) is 12.1 Å². The molecule has 0 bridgehead atoms. The standard InChI is InChI=1S/C15H13NO2/c16-10-14-7-8-15(18-14)17-13-6-5-11-3-1-2-4-12(11)9-13/h1-9H,10,16H2. The Morgan fingerprint density at radius 2 is 1.78 bits per heavy atom. The van der Waals surface area contributed by atoms with Gasteiger partial charge in [-0.15, -0.1) is 0 Å². The maximum absolute atomic E-state index is 5.65. The van der Waals surface area contributed by atoms with Crippen LogP contribution in [-0.2, 0) is 6.54 Å². The number of rotatable bonds is 3. The smallest absolute Gasteiger partial charge is 0.290 e. The van der Waals surface area contributed by atoms with E-state index < -0.39 is 0 Å². The van der Waals surface area contributed by atoms with Crippen LogP contribution < -0.4 is 10.5 Å². The van der Waals surface area contributed by atoms with Gasteiger partial charge in [-0.25, -0.2) is 0 Å². The quantitative estimate of drug-likeness (QED) is 0.758. The first-order chi connectivity index (χ1) is 8.85. The average molecular weight is 239 g/mol. The third-order valence-corrected chi connectivity index (χ3v) is 2.78. The van der Waals surface area contributed by atoms with Crippen molar-refractivity contribution in [2.45, 2.75) is 6.54 Å². The van der Waals surface area contributed by atoms with E-state index in [1.165, 1.54) is 5.39 Å². The molecule has 0 unspecified atom stereocenters. The Kier molecular flexibility index (Phi) is 2.74. The molecular formula is C15H13NO2. The minimum Gasteiger partial charge on any atom is -0.429 e. The molecule has 90 valence electrons. The number of nitrogens with two attached hydrogens (primary N) is 1. The van der Waals surface area contributed by atoms with Gasteiger partial charge in [0.1, 0.15) is 11.5 Å². The number of furan rings is 1. The van der Waals surface area contributed by atoms with Crippen LogP contribution in [0, 0.1) is 0 Å². The molecule has 0 aliphatic rings. The molecule has 0 spiro atoms. The van der Waals surface area contributed by atoms with Crippen LogP contribution in [0.3, 0.4) is 0 Å². The molecule has 0 amide bonds. The fraction of sp³-hybridized carbons (Fsp3) is 0.0667. The third-order valence-electron chi connectivity index (χ3n) is 2.78. The Morgan fingerprint density at radius 3 is 2.56 bits per heavy atom. The maximum Gasteiger partial charge on any atom is 0.290 e. The molecule has 0 atom stereocenters.